The predicted octanol–water partition coefficient (Wildman–Crippen LogP) is 2.65. The molecule has 0 aliphatic carbocycles. The van der Waals surface area contributed by atoms with Crippen LogP contribution >= 0.6 is 11.6 Å². The molecular formula is C16H22ClNO4. The first-order valence-corrected chi connectivity index (χ1v) is 7.66. The van der Waals surface area contributed by atoms with E-state index in [1.54, 1.807) is 18.2 Å². The molecule has 1 aromatic rings. The molecule has 122 valence electrons. The fourth-order valence-electron chi connectivity index (χ4n) is 1.70. The average molecular weight is 328 g/mol. The van der Waals surface area contributed by atoms with Crippen molar-refractivity contribution in [2.75, 3.05) is 26.4 Å². The number of amides is 1. The minimum Gasteiger partial charge on any atom is -0.490 e. The molecule has 0 unspecified atom stereocenters. The fraction of sp³-hybridized carbons (Fsp3) is 0.438. The van der Waals surface area contributed by atoms with E-state index in [9.17, 15) is 4.79 Å². The zero-order valence-corrected chi connectivity index (χ0v) is 13.7. The summed E-state index contributed by atoms with van der Waals surface area (Å²) in [6.07, 6.45) is 3.88. The average Bonchev–Trinajstić information content (AvgIpc) is 2.50. The van der Waals surface area contributed by atoms with Crippen LogP contribution in [-0.2, 0) is 4.79 Å². The number of halogens is 1. The van der Waals surface area contributed by atoms with Crippen LogP contribution in [0.25, 0.3) is 6.08 Å². The van der Waals surface area contributed by atoms with Gasteiger partial charge >= 0.3 is 0 Å². The van der Waals surface area contributed by atoms with E-state index >= 15 is 0 Å². The summed E-state index contributed by atoms with van der Waals surface area (Å²) in [5.41, 5.74) is 0.733. The van der Waals surface area contributed by atoms with Gasteiger partial charge in [-0.3, -0.25) is 4.79 Å². The highest BCUT2D eigenvalue weighted by Gasteiger charge is 2.11. The largest absolute Gasteiger partial charge is 0.490 e. The quantitative estimate of drug-likeness (QED) is 0.684. The Kier molecular flexibility index (Phi) is 8.40. The first-order chi connectivity index (χ1) is 10.6. The molecule has 0 heterocycles. The highest BCUT2D eigenvalue weighted by atomic mass is 35.5. The number of carbonyl (C=O) groups excluding carboxylic acids is 1. The SMILES string of the molecule is CCCOc1c(Cl)cc(/C=C/C(=O)NCCO)cc1OCC. The molecule has 0 atom stereocenters. The smallest absolute Gasteiger partial charge is 0.244 e. The molecule has 1 aromatic carbocycles. The van der Waals surface area contributed by atoms with E-state index in [0.29, 0.717) is 29.7 Å². The van der Waals surface area contributed by atoms with Gasteiger partial charge in [-0.25, -0.2) is 0 Å². The molecule has 0 aromatic heterocycles. The highest BCUT2D eigenvalue weighted by Crippen LogP contribution is 2.37. The molecule has 1 rings (SSSR count). The molecular weight excluding hydrogens is 306 g/mol. The first-order valence-electron chi connectivity index (χ1n) is 7.28. The Morgan fingerprint density at radius 1 is 1.36 bits per heavy atom. The zero-order chi connectivity index (χ0) is 16.4. The van der Waals surface area contributed by atoms with E-state index in [1.807, 2.05) is 13.8 Å². The monoisotopic (exact) mass is 327 g/mol. The van der Waals surface area contributed by atoms with Crippen LogP contribution in [0.3, 0.4) is 0 Å². The molecule has 0 saturated carbocycles. The number of benzene rings is 1. The second-order valence-corrected chi connectivity index (χ2v) is 4.87. The summed E-state index contributed by atoms with van der Waals surface area (Å²) in [6.45, 7) is 5.06. The third-order valence-electron chi connectivity index (χ3n) is 2.62. The third-order valence-corrected chi connectivity index (χ3v) is 2.90. The summed E-state index contributed by atoms with van der Waals surface area (Å²) in [5, 5.41) is 11.6. The van der Waals surface area contributed by atoms with Gasteiger partial charge in [0.25, 0.3) is 0 Å². The van der Waals surface area contributed by atoms with Crippen LogP contribution < -0.4 is 14.8 Å². The lowest BCUT2D eigenvalue weighted by atomic mass is 10.2. The summed E-state index contributed by atoms with van der Waals surface area (Å²) in [7, 11) is 0. The summed E-state index contributed by atoms with van der Waals surface area (Å²) >= 11 is 6.23. The lowest BCUT2D eigenvalue weighted by Crippen LogP contribution is -2.24. The first kappa shape index (κ1) is 18.3. The van der Waals surface area contributed by atoms with E-state index in [0.717, 1.165) is 12.0 Å². The van der Waals surface area contributed by atoms with E-state index in [1.165, 1.54) is 6.08 Å². The Bertz CT molecular complexity index is 517. The van der Waals surface area contributed by atoms with Crippen LogP contribution in [0, 0.1) is 0 Å². The molecule has 6 heteroatoms. The van der Waals surface area contributed by atoms with E-state index < -0.39 is 0 Å². The number of nitrogens with one attached hydrogen (secondary N) is 1. The van der Waals surface area contributed by atoms with E-state index in [2.05, 4.69) is 5.32 Å². The fourth-order valence-corrected chi connectivity index (χ4v) is 1.97. The van der Waals surface area contributed by atoms with Gasteiger partial charge in [-0.1, -0.05) is 18.5 Å². The standard InChI is InChI=1S/C16H22ClNO4/c1-3-9-22-16-13(17)10-12(11-14(16)21-4-2)5-6-15(20)18-7-8-19/h5-6,10-11,19H,3-4,7-9H2,1-2H3,(H,18,20)/b6-5+. The lowest BCUT2D eigenvalue weighted by molar-refractivity contribution is -0.116. The normalized spacial score (nSPS) is 10.7. The second kappa shape index (κ2) is 10.1. The van der Waals surface area contributed by atoms with Crippen molar-refractivity contribution in [3.05, 3.63) is 28.8 Å². The molecule has 2 N–H and O–H groups in total. The Labute approximate surface area is 135 Å². The zero-order valence-electron chi connectivity index (χ0n) is 12.9. The van der Waals surface area contributed by atoms with Crippen molar-refractivity contribution in [2.24, 2.45) is 0 Å². The van der Waals surface area contributed by atoms with Gasteiger partial charge in [0, 0.05) is 12.6 Å². The van der Waals surface area contributed by atoms with Gasteiger partial charge < -0.3 is 19.9 Å². The lowest BCUT2D eigenvalue weighted by Gasteiger charge is -2.14. The molecule has 0 aliphatic rings. The molecule has 0 spiro atoms. The maximum atomic E-state index is 11.5. The number of carbonyl (C=O) groups is 1. The molecule has 22 heavy (non-hydrogen) atoms. The van der Waals surface area contributed by atoms with Gasteiger partial charge in [-0.05, 0) is 37.1 Å². The van der Waals surface area contributed by atoms with Crippen molar-refractivity contribution in [1.29, 1.82) is 0 Å². The number of aliphatic hydroxyl groups is 1. The highest BCUT2D eigenvalue weighted by molar-refractivity contribution is 6.32. The van der Waals surface area contributed by atoms with Crippen molar-refractivity contribution < 1.29 is 19.4 Å². The summed E-state index contributed by atoms with van der Waals surface area (Å²) < 4.78 is 11.2. The number of aliphatic hydroxyl groups excluding tert-OH is 1. The molecule has 0 radical (unpaired) electrons. The summed E-state index contributed by atoms with van der Waals surface area (Å²) in [6, 6.07) is 3.49. The number of rotatable bonds is 9. The van der Waals surface area contributed by atoms with Crippen molar-refractivity contribution in [2.45, 2.75) is 20.3 Å². The van der Waals surface area contributed by atoms with Gasteiger partial charge in [-0.2, -0.15) is 0 Å². The minimum atomic E-state index is -0.283. The van der Waals surface area contributed by atoms with E-state index in [-0.39, 0.29) is 19.1 Å². The van der Waals surface area contributed by atoms with Crippen LogP contribution in [0.15, 0.2) is 18.2 Å². The second-order valence-electron chi connectivity index (χ2n) is 4.46. The topological polar surface area (TPSA) is 67.8 Å². The molecule has 0 aliphatic heterocycles. The van der Waals surface area contributed by atoms with Gasteiger partial charge in [-0.15, -0.1) is 0 Å². The maximum absolute atomic E-state index is 11.5. The van der Waals surface area contributed by atoms with Gasteiger partial charge in [0.1, 0.15) is 0 Å². The molecule has 0 bridgehead atoms. The molecule has 1 amide bonds. The number of hydrogen-bond acceptors (Lipinski definition) is 4. The van der Waals surface area contributed by atoms with Gasteiger partial charge in [0.15, 0.2) is 11.5 Å². The van der Waals surface area contributed by atoms with Crippen LogP contribution in [0.2, 0.25) is 5.02 Å². The van der Waals surface area contributed by atoms with Crippen molar-refractivity contribution in [1.82, 2.24) is 5.32 Å². The van der Waals surface area contributed by atoms with Crippen molar-refractivity contribution in [3.8, 4) is 11.5 Å². The predicted molar refractivity (Wildman–Crippen MR) is 87.5 cm³/mol. The van der Waals surface area contributed by atoms with Crippen LogP contribution in [-0.4, -0.2) is 37.4 Å². The van der Waals surface area contributed by atoms with E-state index in [4.69, 9.17) is 26.2 Å². The van der Waals surface area contributed by atoms with Gasteiger partial charge in [0.2, 0.25) is 5.91 Å². The molecule has 0 saturated heterocycles. The van der Waals surface area contributed by atoms with Crippen molar-refractivity contribution in [3.63, 3.8) is 0 Å². The summed E-state index contributed by atoms with van der Waals surface area (Å²) in [4.78, 5) is 11.5. The van der Waals surface area contributed by atoms with Crippen LogP contribution in [0.5, 0.6) is 11.5 Å². The maximum Gasteiger partial charge on any atom is 0.244 e. The Balaban J connectivity index is 2.92. The van der Waals surface area contributed by atoms with Crippen molar-refractivity contribution >= 4 is 23.6 Å². The number of ether oxygens (including phenoxy) is 2. The Morgan fingerprint density at radius 2 is 2.14 bits per heavy atom. The molecule has 0 fully saturated rings. The number of hydrogen-bond donors (Lipinski definition) is 2. The Hall–Kier alpha value is -1.72. The summed E-state index contributed by atoms with van der Waals surface area (Å²) in [5.74, 6) is 0.792. The van der Waals surface area contributed by atoms with Gasteiger partial charge in [0.05, 0.1) is 24.8 Å². The van der Waals surface area contributed by atoms with Crippen LogP contribution in [0.1, 0.15) is 25.8 Å². The molecule has 5 nitrogen and oxygen atoms in total. The third kappa shape index (κ3) is 5.95. The van der Waals surface area contributed by atoms with Crippen LogP contribution in [0.4, 0.5) is 0 Å². The minimum absolute atomic E-state index is 0.0939. The Morgan fingerprint density at radius 3 is 2.77 bits per heavy atom.